The van der Waals surface area contributed by atoms with Crippen LogP contribution in [-0.4, -0.2) is 23.5 Å². The second-order valence-corrected chi connectivity index (χ2v) is 13.2. The number of para-hydroxylation sites is 1. The predicted molar refractivity (Wildman–Crippen MR) is 167 cm³/mol. The summed E-state index contributed by atoms with van der Waals surface area (Å²) in [5.41, 5.74) is 1.57. The van der Waals surface area contributed by atoms with Crippen molar-refractivity contribution in [1.29, 1.82) is 0 Å². The molecule has 1 fully saturated rings. The number of aryl methyl sites for hydroxylation is 1. The Balaban J connectivity index is 1.20. The molecule has 0 aliphatic heterocycles. The molecule has 0 amide bonds. The molecule has 2 heterocycles. The lowest BCUT2D eigenvalue weighted by molar-refractivity contribution is 0.317. The van der Waals surface area contributed by atoms with Crippen molar-refractivity contribution in [3.05, 3.63) is 112 Å². The van der Waals surface area contributed by atoms with Crippen molar-refractivity contribution in [2.75, 3.05) is 4.72 Å². The molecule has 4 aromatic rings. The Morgan fingerprint density at radius 3 is 2.70 bits per heavy atom. The highest BCUT2D eigenvalue weighted by Gasteiger charge is 2.36. The highest BCUT2D eigenvalue weighted by Crippen LogP contribution is 2.46. The van der Waals surface area contributed by atoms with Gasteiger partial charge in [-0.05, 0) is 73.6 Å². The Labute approximate surface area is 251 Å². The van der Waals surface area contributed by atoms with Crippen LogP contribution in [0.15, 0.2) is 99.5 Å². The fourth-order valence-corrected chi connectivity index (χ4v) is 6.95. The molecule has 8 nitrogen and oxygen atoms in total. The van der Waals surface area contributed by atoms with Gasteiger partial charge in [-0.2, -0.15) is 8.42 Å². The highest BCUT2D eigenvalue weighted by molar-refractivity contribution is 7.92. The number of allylic oxidation sites excluding steroid dienone is 4. The summed E-state index contributed by atoms with van der Waals surface area (Å²) in [6.45, 7) is 2.16. The summed E-state index contributed by atoms with van der Waals surface area (Å²) in [7, 11) is -4.03. The Kier molecular flexibility index (Phi) is 7.92. The Bertz CT molecular complexity index is 1880. The van der Waals surface area contributed by atoms with Crippen LogP contribution in [0.2, 0.25) is 0 Å². The number of nitrogens with zero attached hydrogens (tertiary/aromatic N) is 2. The van der Waals surface area contributed by atoms with Crippen molar-refractivity contribution in [3.8, 4) is 5.75 Å². The molecule has 0 bridgehead atoms. The summed E-state index contributed by atoms with van der Waals surface area (Å²) in [6.07, 6.45) is 15.7. The van der Waals surface area contributed by atoms with Gasteiger partial charge in [0.25, 0.3) is 15.2 Å². The number of aromatic hydroxyl groups is 1. The minimum Gasteiger partial charge on any atom is -0.507 e. The summed E-state index contributed by atoms with van der Waals surface area (Å²) in [5, 5.41) is 11.5. The van der Waals surface area contributed by atoms with E-state index in [2.05, 4.69) is 45.9 Å². The van der Waals surface area contributed by atoms with Crippen LogP contribution in [0.5, 0.6) is 5.75 Å². The molecule has 1 saturated carbocycles. The molecule has 0 spiro atoms. The summed E-state index contributed by atoms with van der Waals surface area (Å²) in [4.78, 5) is 21.5. The van der Waals surface area contributed by atoms with Crippen molar-refractivity contribution in [1.82, 2.24) is 9.97 Å². The van der Waals surface area contributed by atoms with E-state index in [1.807, 2.05) is 18.2 Å². The zero-order valence-corrected chi connectivity index (χ0v) is 24.9. The second-order valence-electron chi connectivity index (χ2n) is 11.7. The quantitative estimate of drug-likeness (QED) is 0.185. The van der Waals surface area contributed by atoms with Crippen LogP contribution in [0.25, 0.3) is 10.9 Å². The molecule has 2 aliphatic carbocycles. The first kappa shape index (κ1) is 28.9. The Morgan fingerprint density at radius 2 is 1.95 bits per heavy atom. The van der Waals surface area contributed by atoms with E-state index in [0.29, 0.717) is 35.4 Å². The molecule has 2 atom stereocenters. The number of rotatable bonds is 11. The SMILES string of the molecule is CCC1(CCc2cc(O)c(C(Cc3cccc(NS(=O)(=O)c4ncc5ccccc5n4)c3)C3CC3)c(=O)o2)C=CC=CC1. The lowest BCUT2D eigenvalue weighted by atomic mass is 9.75. The Morgan fingerprint density at radius 1 is 1.12 bits per heavy atom. The topological polar surface area (TPSA) is 122 Å². The first-order valence-corrected chi connectivity index (χ1v) is 16.3. The largest absolute Gasteiger partial charge is 0.507 e. The van der Waals surface area contributed by atoms with Crippen molar-refractivity contribution in [2.24, 2.45) is 11.3 Å². The molecule has 43 heavy (non-hydrogen) atoms. The van der Waals surface area contributed by atoms with Crippen LogP contribution in [0, 0.1) is 11.3 Å². The minimum atomic E-state index is -4.03. The monoisotopic (exact) mass is 597 g/mol. The van der Waals surface area contributed by atoms with E-state index in [1.165, 1.54) is 6.20 Å². The molecule has 2 unspecified atom stereocenters. The second kappa shape index (κ2) is 11.8. The summed E-state index contributed by atoms with van der Waals surface area (Å²) in [6, 6.07) is 15.9. The van der Waals surface area contributed by atoms with Gasteiger partial charge >= 0.3 is 5.63 Å². The fourth-order valence-electron chi connectivity index (χ4n) is 6.01. The third kappa shape index (κ3) is 6.41. The predicted octanol–water partition coefficient (Wildman–Crippen LogP) is 6.67. The maximum Gasteiger partial charge on any atom is 0.343 e. The average molecular weight is 598 g/mol. The lowest BCUT2D eigenvalue weighted by Crippen LogP contribution is -2.20. The molecule has 0 radical (unpaired) electrons. The number of benzene rings is 2. The van der Waals surface area contributed by atoms with E-state index >= 15 is 0 Å². The maximum atomic E-state index is 13.3. The van der Waals surface area contributed by atoms with E-state index in [-0.39, 0.29) is 28.2 Å². The molecule has 2 N–H and O–H groups in total. The number of aromatic nitrogens is 2. The van der Waals surface area contributed by atoms with Crippen LogP contribution in [0.3, 0.4) is 0 Å². The van der Waals surface area contributed by atoms with Gasteiger partial charge in [0.05, 0.1) is 11.1 Å². The molecule has 0 saturated heterocycles. The van der Waals surface area contributed by atoms with Crippen molar-refractivity contribution in [3.63, 3.8) is 0 Å². The van der Waals surface area contributed by atoms with Gasteiger partial charge in [-0.3, -0.25) is 4.72 Å². The maximum absolute atomic E-state index is 13.3. The summed E-state index contributed by atoms with van der Waals surface area (Å²) < 4.78 is 34.6. The third-order valence-corrected chi connectivity index (χ3v) is 9.90. The van der Waals surface area contributed by atoms with Gasteiger partial charge in [-0.25, -0.2) is 14.8 Å². The number of sulfonamides is 1. The van der Waals surface area contributed by atoms with Gasteiger partial charge in [0, 0.05) is 35.7 Å². The average Bonchev–Trinajstić information content (AvgIpc) is 3.85. The van der Waals surface area contributed by atoms with E-state index < -0.39 is 15.6 Å². The molecule has 6 rings (SSSR count). The number of hydrogen-bond acceptors (Lipinski definition) is 7. The van der Waals surface area contributed by atoms with Crippen LogP contribution < -0.4 is 10.3 Å². The summed E-state index contributed by atoms with van der Waals surface area (Å²) >= 11 is 0. The normalized spacial score (nSPS) is 19.0. The molecule has 2 aromatic heterocycles. The molecular weight excluding hydrogens is 562 g/mol. The van der Waals surface area contributed by atoms with E-state index in [4.69, 9.17) is 4.42 Å². The van der Waals surface area contributed by atoms with E-state index in [9.17, 15) is 18.3 Å². The van der Waals surface area contributed by atoms with E-state index in [1.54, 1.807) is 36.4 Å². The molecular formula is C34H35N3O5S. The van der Waals surface area contributed by atoms with Gasteiger partial charge in [-0.1, -0.05) is 61.6 Å². The summed E-state index contributed by atoms with van der Waals surface area (Å²) in [5.74, 6) is 0.463. The zero-order valence-electron chi connectivity index (χ0n) is 24.1. The van der Waals surface area contributed by atoms with Gasteiger partial charge in [0.1, 0.15) is 11.5 Å². The van der Waals surface area contributed by atoms with Crippen LogP contribution in [0.1, 0.15) is 61.8 Å². The number of anilines is 1. The minimum absolute atomic E-state index is 0.0295. The van der Waals surface area contributed by atoms with E-state index in [0.717, 1.165) is 43.1 Å². The first-order chi connectivity index (χ1) is 20.7. The molecule has 222 valence electrons. The standard InChI is InChI=1S/C34H35N3O5S/c1-2-34(16-6-3-7-17-34)18-15-27-21-30(38)31(32(39)42-27)28(24-13-14-24)20-23-9-8-11-26(19-23)37-43(40,41)33-35-22-25-10-4-5-12-29(25)36-33/h3-12,16,19,21-22,24,28,37-38H,2,13-15,17-18,20H2,1H3. The third-order valence-electron chi connectivity index (χ3n) is 8.72. The number of nitrogens with one attached hydrogen (secondary N) is 1. The highest BCUT2D eigenvalue weighted by atomic mass is 32.2. The number of hydrogen-bond donors (Lipinski definition) is 2. The zero-order chi connectivity index (χ0) is 30.0. The lowest BCUT2D eigenvalue weighted by Gasteiger charge is -2.30. The number of fused-ring (bicyclic) bond motifs is 1. The molecule has 2 aromatic carbocycles. The Hall–Kier alpha value is -4.24. The fraction of sp³-hybridized carbons (Fsp3) is 0.324. The molecule has 2 aliphatic rings. The van der Waals surface area contributed by atoms with Gasteiger partial charge < -0.3 is 9.52 Å². The van der Waals surface area contributed by atoms with Crippen molar-refractivity contribution < 1.29 is 17.9 Å². The van der Waals surface area contributed by atoms with Gasteiger partial charge in [0.2, 0.25) is 0 Å². The van der Waals surface area contributed by atoms with Gasteiger partial charge in [-0.15, -0.1) is 0 Å². The first-order valence-electron chi connectivity index (χ1n) is 14.8. The van der Waals surface area contributed by atoms with Crippen LogP contribution >= 0.6 is 0 Å². The van der Waals surface area contributed by atoms with Gasteiger partial charge in [0.15, 0.2) is 0 Å². The van der Waals surface area contributed by atoms with Crippen molar-refractivity contribution >= 4 is 26.6 Å². The molecule has 9 heteroatoms. The van der Waals surface area contributed by atoms with Crippen LogP contribution in [0.4, 0.5) is 5.69 Å². The van der Waals surface area contributed by atoms with Crippen molar-refractivity contribution in [2.45, 2.75) is 62.9 Å². The smallest absolute Gasteiger partial charge is 0.343 e. The van der Waals surface area contributed by atoms with Crippen LogP contribution in [-0.2, 0) is 22.9 Å².